The fourth-order valence-corrected chi connectivity index (χ4v) is 2.43. The van der Waals surface area contributed by atoms with Gasteiger partial charge < -0.3 is 9.64 Å². The molecule has 0 atom stereocenters. The second kappa shape index (κ2) is 5.01. The lowest BCUT2D eigenvalue weighted by atomic mass is 10.3. The van der Waals surface area contributed by atoms with Crippen molar-refractivity contribution in [3.05, 3.63) is 29.7 Å². The average molecular weight is 258 g/mol. The third kappa shape index (κ3) is 2.10. The first-order valence-corrected chi connectivity index (χ1v) is 6.61. The van der Waals surface area contributed by atoms with Gasteiger partial charge in [-0.25, -0.2) is 9.50 Å². The lowest BCUT2D eigenvalue weighted by molar-refractivity contribution is 0.123. The number of fused-ring (bicyclic) bond motifs is 1. The number of allylic oxidation sites excluding steroid dienone is 1. The van der Waals surface area contributed by atoms with Gasteiger partial charge in [0.1, 0.15) is 0 Å². The third-order valence-electron chi connectivity index (χ3n) is 3.44. The van der Waals surface area contributed by atoms with Crippen LogP contribution in [0, 0.1) is 6.92 Å². The predicted molar refractivity (Wildman–Crippen MR) is 75.5 cm³/mol. The summed E-state index contributed by atoms with van der Waals surface area (Å²) < 4.78 is 7.32. The summed E-state index contributed by atoms with van der Waals surface area (Å²) in [6, 6.07) is 2.03. The van der Waals surface area contributed by atoms with Crippen LogP contribution in [0.15, 0.2) is 18.3 Å². The zero-order valence-electron chi connectivity index (χ0n) is 11.3. The molecule has 3 rings (SSSR count). The van der Waals surface area contributed by atoms with E-state index in [1.54, 1.807) is 0 Å². The Labute approximate surface area is 112 Å². The smallest absolute Gasteiger partial charge is 0.178 e. The van der Waals surface area contributed by atoms with Crippen molar-refractivity contribution in [3.63, 3.8) is 0 Å². The normalized spacial score (nSPS) is 16.6. The highest BCUT2D eigenvalue weighted by atomic mass is 16.5. The average Bonchev–Trinajstić information content (AvgIpc) is 2.77. The first kappa shape index (κ1) is 12.2. The van der Waals surface area contributed by atoms with E-state index in [4.69, 9.17) is 9.72 Å². The van der Waals surface area contributed by atoms with Crippen LogP contribution in [-0.2, 0) is 4.74 Å². The number of rotatable bonds is 2. The summed E-state index contributed by atoms with van der Waals surface area (Å²) in [5.74, 6) is 0. The van der Waals surface area contributed by atoms with E-state index in [-0.39, 0.29) is 0 Å². The van der Waals surface area contributed by atoms with Gasteiger partial charge in [-0.3, -0.25) is 0 Å². The van der Waals surface area contributed by atoms with Gasteiger partial charge in [-0.05, 0) is 26.0 Å². The lowest BCUT2D eigenvalue weighted by Crippen LogP contribution is -2.36. The molecule has 0 saturated carbocycles. The molecule has 2 aromatic rings. The van der Waals surface area contributed by atoms with E-state index in [1.807, 2.05) is 42.8 Å². The van der Waals surface area contributed by atoms with Crippen molar-refractivity contribution in [2.75, 3.05) is 31.2 Å². The van der Waals surface area contributed by atoms with Gasteiger partial charge in [-0.2, -0.15) is 5.10 Å². The Morgan fingerprint density at radius 2 is 2.11 bits per heavy atom. The van der Waals surface area contributed by atoms with Crippen molar-refractivity contribution in [3.8, 4) is 0 Å². The third-order valence-corrected chi connectivity index (χ3v) is 3.44. The number of hydrogen-bond donors (Lipinski definition) is 0. The van der Waals surface area contributed by atoms with E-state index in [9.17, 15) is 0 Å². The molecule has 0 N–H and O–H groups in total. The molecular formula is C14H18N4O. The van der Waals surface area contributed by atoms with E-state index in [2.05, 4.69) is 10.00 Å². The van der Waals surface area contributed by atoms with E-state index < -0.39 is 0 Å². The summed E-state index contributed by atoms with van der Waals surface area (Å²) in [4.78, 5) is 7.02. The number of ether oxygens (including phenoxy) is 1. The fraction of sp³-hybridized carbons (Fsp3) is 0.429. The van der Waals surface area contributed by atoms with Crippen molar-refractivity contribution in [2.24, 2.45) is 0 Å². The van der Waals surface area contributed by atoms with E-state index in [0.29, 0.717) is 0 Å². The number of hydrogen-bond acceptors (Lipinski definition) is 4. The summed E-state index contributed by atoms with van der Waals surface area (Å²) in [6.07, 6.45) is 5.86. The molecule has 3 heterocycles. The zero-order valence-corrected chi connectivity index (χ0v) is 11.3. The van der Waals surface area contributed by atoms with Crippen molar-refractivity contribution in [1.29, 1.82) is 0 Å². The van der Waals surface area contributed by atoms with Gasteiger partial charge in [0.15, 0.2) is 5.65 Å². The molecule has 0 bridgehead atoms. The van der Waals surface area contributed by atoms with Crippen molar-refractivity contribution < 1.29 is 4.74 Å². The molecule has 0 unspecified atom stereocenters. The van der Waals surface area contributed by atoms with E-state index in [0.717, 1.165) is 49.0 Å². The van der Waals surface area contributed by atoms with Crippen LogP contribution in [-0.4, -0.2) is 40.9 Å². The van der Waals surface area contributed by atoms with Crippen LogP contribution in [0.3, 0.4) is 0 Å². The van der Waals surface area contributed by atoms with E-state index in [1.165, 1.54) is 0 Å². The number of morpholine rings is 1. The second-order valence-electron chi connectivity index (χ2n) is 4.63. The largest absolute Gasteiger partial charge is 0.378 e. The summed E-state index contributed by atoms with van der Waals surface area (Å²) in [5, 5.41) is 4.40. The number of aryl methyl sites for hydroxylation is 1. The molecule has 1 fully saturated rings. The predicted octanol–water partition coefficient (Wildman–Crippen LogP) is 1.91. The van der Waals surface area contributed by atoms with Gasteiger partial charge in [0.2, 0.25) is 0 Å². The monoisotopic (exact) mass is 258 g/mol. The van der Waals surface area contributed by atoms with Crippen LogP contribution < -0.4 is 4.90 Å². The molecule has 19 heavy (non-hydrogen) atoms. The standard InChI is InChI=1S/C14H18N4O/c1-3-4-12-11(2)18-14(16-12)13(5-6-15-18)17-7-9-19-10-8-17/h3-6H,7-10H2,1-2H3/b4-3+. The summed E-state index contributed by atoms with van der Waals surface area (Å²) >= 11 is 0. The molecule has 100 valence electrons. The number of anilines is 1. The van der Waals surface area contributed by atoms with Crippen LogP contribution in [0.2, 0.25) is 0 Å². The Bertz CT molecular complexity index is 611. The Balaban J connectivity index is 2.11. The van der Waals surface area contributed by atoms with Crippen molar-refractivity contribution in [2.45, 2.75) is 13.8 Å². The lowest BCUT2D eigenvalue weighted by Gasteiger charge is -2.28. The summed E-state index contributed by atoms with van der Waals surface area (Å²) in [6.45, 7) is 7.41. The zero-order chi connectivity index (χ0) is 13.2. The van der Waals surface area contributed by atoms with Gasteiger partial charge in [0.05, 0.1) is 36.5 Å². The molecule has 5 heteroatoms. The van der Waals surface area contributed by atoms with Gasteiger partial charge in [0.25, 0.3) is 0 Å². The molecule has 1 aliphatic rings. The van der Waals surface area contributed by atoms with Gasteiger partial charge in [-0.15, -0.1) is 0 Å². The molecular weight excluding hydrogens is 240 g/mol. The molecule has 0 aliphatic carbocycles. The molecule has 0 amide bonds. The van der Waals surface area contributed by atoms with Gasteiger partial charge >= 0.3 is 0 Å². The first-order valence-electron chi connectivity index (χ1n) is 6.61. The topological polar surface area (TPSA) is 42.7 Å². The highest BCUT2D eigenvalue weighted by Gasteiger charge is 2.17. The highest BCUT2D eigenvalue weighted by Crippen LogP contribution is 2.23. The minimum atomic E-state index is 0.774. The quantitative estimate of drug-likeness (QED) is 0.825. The molecule has 2 aromatic heterocycles. The second-order valence-corrected chi connectivity index (χ2v) is 4.63. The van der Waals surface area contributed by atoms with Crippen molar-refractivity contribution in [1.82, 2.24) is 14.6 Å². The molecule has 0 radical (unpaired) electrons. The maximum absolute atomic E-state index is 5.41. The Morgan fingerprint density at radius 1 is 1.32 bits per heavy atom. The SMILES string of the molecule is C/C=C/c1nc2c(N3CCOCC3)ccnn2c1C. The summed E-state index contributed by atoms with van der Waals surface area (Å²) in [5.41, 5.74) is 4.12. The maximum atomic E-state index is 5.41. The van der Waals surface area contributed by atoms with Crippen LogP contribution in [0.4, 0.5) is 5.69 Å². The highest BCUT2D eigenvalue weighted by molar-refractivity contribution is 5.71. The molecule has 1 aliphatic heterocycles. The van der Waals surface area contributed by atoms with Crippen LogP contribution in [0.5, 0.6) is 0 Å². The molecule has 0 spiro atoms. The summed E-state index contributed by atoms with van der Waals surface area (Å²) in [7, 11) is 0. The minimum absolute atomic E-state index is 0.774. The maximum Gasteiger partial charge on any atom is 0.178 e. The first-order chi connectivity index (χ1) is 9.31. The van der Waals surface area contributed by atoms with Crippen molar-refractivity contribution >= 4 is 17.4 Å². The van der Waals surface area contributed by atoms with Crippen LogP contribution >= 0.6 is 0 Å². The number of aromatic nitrogens is 3. The molecule has 0 aromatic carbocycles. The van der Waals surface area contributed by atoms with Gasteiger partial charge in [-0.1, -0.05) is 6.08 Å². The number of imidazole rings is 1. The van der Waals surface area contributed by atoms with E-state index >= 15 is 0 Å². The van der Waals surface area contributed by atoms with Crippen LogP contribution in [0.25, 0.3) is 11.7 Å². The Hall–Kier alpha value is -1.88. The number of nitrogens with zero attached hydrogens (tertiary/aromatic N) is 4. The van der Waals surface area contributed by atoms with Gasteiger partial charge in [0, 0.05) is 13.1 Å². The molecule has 5 nitrogen and oxygen atoms in total. The minimum Gasteiger partial charge on any atom is -0.378 e. The Morgan fingerprint density at radius 3 is 2.84 bits per heavy atom. The van der Waals surface area contributed by atoms with Crippen LogP contribution in [0.1, 0.15) is 18.3 Å². The fourth-order valence-electron chi connectivity index (χ4n) is 2.43. The molecule has 1 saturated heterocycles. The Kier molecular flexibility index (Phi) is 3.21.